The van der Waals surface area contributed by atoms with Crippen LogP contribution < -0.4 is 0 Å². The smallest absolute Gasteiger partial charge is 0.173 e. The molecule has 3 aromatic rings. The van der Waals surface area contributed by atoms with Crippen molar-refractivity contribution in [2.45, 2.75) is 105 Å². The highest BCUT2D eigenvalue weighted by Crippen LogP contribution is 2.34. The third kappa shape index (κ3) is 8.57. The number of Topliss-reactive ketones (excluding diaryl/α,β-unsaturated/α-hetero) is 1. The fourth-order valence-electron chi connectivity index (χ4n) is 6.29. The van der Waals surface area contributed by atoms with Crippen molar-refractivity contribution in [1.82, 2.24) is 15.0 Å². The van der Waals surface area contributed by atoms with Crippen molar-refractivity contribution in [3.05, 3.63) is 82.7 Å². The van der Waals surface area contributed by atoms with Gasteiger partial charge in [-0.2, -0.15) is 0 Å². The second-order valence-electron chi connectivity index (χ2n) is 12.6. The van der Waals surface area contributed by atoms with E-state index in [4.69, 9.17) is 15.0 Å². The monoisotopic (exact) mass is 579 g/mol. The van der Waals surface area contributed by atoms with Crippen LogP contribution in [0.5, 0.6) is 0 Å². The van der Waals surface area contributed by atoms with Crippen molar-refractivity contribution in [1.29, 1.82) is 0 Å². The van der Waals surface area contributed by atoms with Crippen LogP contribution in [-0.2, 0) is 4.79 Å². The molecule has 2 aromatic carbocycles. The van der Waals surface area contributed by atoms with Gasteiger partial charge in [0.25, 0.3) is 0 Å². The van der Waals surface area contributed by atoms with Crippen molar-refractivity contribution in [3.63, 3.8) is 0 Å². The SMILES string of the molecule is CCCCCCCCCC(CC(C)O)C1C=CC=C(c2nc(-c3ccc(C)cc3C)nc(-c3ccc(C)cc3C)n2)C1=O. The average Bonchev–Trinajstić information content (AvgIpc) is 2.96. The Morgan fingerprint density at radius 3 is 1.84 bits per heavy atom. The molecule has 0 amide bonds. The Bertz CT molecular complexity index is 1400. The molecular formula is C38H49N3O2. The highest BCUT2D eigenvalue weighted by atomic mass is 16.3. The van der Waals surface area contributed by atoms with Gasteiger partial charge in [-0.15, -0.1) is 0 Å². The van der Waals surface area contributed by atoms with E-state index in [2.05, 4.69) is 71.0 Å². The van der Waals surface area contributed by atoms with Gasteiger partial charge in [0.05, 0.1) is 11.7 Å². The zero-order chi connectivity index (χ0) is 30.9. The van der Waals surface area contributed by atoms with Crippen LogP contribution in [0.3, 0.4) is 0 Å². The maximum absolute atomic E-state index is 14.2. The Hall–Kier alpha value is -3.44. The molecule has 0 bridgehead atoms. The first kappa shape index (κ1) is 32.5. The minimum absolute atomic E-state index is 0.0282. The Balaban J connectivity index is 1.66. The van der Waals surface area contributed by atoms with Gasteiger partial charge < -0.3 is 5.11 Å². The van der Waals surface area contributed by atoms with Gasteiger partial charge in [-0.05, 0) is 70.6 Å². The predicted octanol–water partition coefficient (Wildman–Crippen LogP) is 9.11. The van der Waals surface area contributed by atoms with Crippen LogP contribution in [0.1, 0.15) is 99.7 Å². The van der Waals surface area contributed by atoms with Crippen molar-refractivity contribution in [2.75, 3.05) is 0 Å². The summed E-state index contributed by atoms with van der Waals surface area (Å²) in [5, 5.41) is 10.4. The second kappa shape index (κ2) is 15.3. The van der Waals surface area contributed by atoms with E-state index in [-0.39, 0.29) is 17.6 Å². The number of unbranched alkanes of at least 4 members (excludes halogenated alkanes) is 6. The number of hydrogen-bond donors (Lipinski definition) is 1. The Labute approximate surface area is 258 Å². The first-order valence-corrected chi connectivity index (χ1v) is 16.2. The Kier molecular flexibility index (Phi) is 11.6. The molecular weight excluding hydrogens is 530 g/mol. The van der Waals surface area contributed by atoms with Crippen LogP contribution in [-0.4, -0.2) is 31.9 Å². The number of carbonyl (C=O) groups excluding carboxylic acids is 1. The number of aliphatic hydroxyl groups is 1. The molecule has 43 heavy (non-hydrogen) atoms. The molecule has 5 heteroatoms. The highest BCUT2D eigenvalue weighted by Gasteiger charge is 2.32. The van der Waals surface area contributed by atoms with E-state index in [0.29, 0.717) is 29.5 Å². The maximum Gasteiger partial charge on any atom is 0.173 e. The number of allylic oxidation sites excluding steroid dienone is 4. The van der Waals surface area contributed by atoms with E-state index in [1.807, 2.05) is 25.2 Å². The third-order valence-electron chi connectivity index (χ3n) is 8.60. The third-order valence-corrected chi connectivity index (χ3v) is 8.60. The zero-order valence-electron chi connectivity index (χ0n) is 27.0. The van der Waals surface area contributed by atoms with Crippen LogP contribution in [0.15, 0.2) is 54.6 Å². The molecule has 0 aliphatic heterocycles. The maximum atomic E-state index is 14.2. The summed E-state index contributed by atoms with van der Waals surface area (Å²) in [7, 11) is 0. The van der Waals surface area contributed by atoms with E-state index >= 15 is 0 Å². The van der Waals surface area contributed by atoms with E-state index in [0.717, 1.165) is 35.1 Å². The van der Waals surface area contributed by atoms with Crippen molar-refractivity contribution < 1.29 is 9.90 Å². The van der Waals surface area contributed by atoms with E-state index in [1.54, 1.807) is 0 Å². The molecule has 5 nitrogen and oxygen atoms in total. The van der Waals surface area contributed by atoms with Crippen LogP contribution in [0.4, 0.5) is 0 Å². The Morgan fingerprint density at radius 1 is 0.767 bits per heavy atom. The molecule has 0 spiro atoms. The lowest BCUT2D eigenvalue weighted by Gasteiger charge is -2.27. The number of benzene rings is 2. The summed E-state index contributed by atoms with van der Waals surface area (Å²) in [5.74, 6) is 1.34. The summed E-state index contributed by atoms with van der Waals surface area (Å²) in [5.41, 5.74) is 6.89. The Morgan fingerprint density at radius 2 is 1.30 bits per heavy atom. The molecule has 0 saturated heterocycles. The van der Waals surface area contributed by atoms with E-state index in [1.165, 1.54) is 49.7 Å². The van der Waals surface area contributed by atoms with Gasteiger partial charge in [0, 0.05) is 17.0 Å². The lowest BCUT2D eigenvalue weighted by Crippen LogP contribution is -2.28. The number of hydrogen-bond acceptors (Lipinski definition) is 5. The molecule has 1 N–H and O–H groups in total. The fraction of sp³-hybridized carbons (Fsp3) is 0.474. The topological polar surface area (TPSA) is 76.0 Å². The molecule has 228 valence electrons. The summed E-state index contributed by atoms with van der Waals surface area (Å²) in [6, 6.07) is 12.5. The lowest BCUT2D eigenvalue weighted by atomic mass is 9.77. The normalized spacial score (nSPS) is 16.3. The number of ketones is 1. The van der Waals surface area contributed by atoms with Crippen molar-refractivity contribution >= 4 is 11.4 Å². The highest BCUT2D eigenvalue weighted by molar-refractivity contribution is 6.22. The summed E-state index contributed by atoms with van der Waals surface area (Å²) in [4.78, 5) is 28.9. The second-order valence-corrected chi connectivity index (χ2v) is 12.6. The predicted molar refractivity (Wildman–Crippen MR) is 178 cm³/mol. The molecule has 1 aromatic heterocycles. The minimum atomic E-state index is -0.463. The molecule has 4 rings (SSSR count). The number of aryl methyl sites for hydroxylation is 4. The fourth-order valence-corrected chi connectivity index (χ4v) is 6.29. The summed E-state index contributed by atoms with van der Waals surface area (Å²) in [6.07, 6.45) is 15.5. The minimum Gasteiger partial charge on any atom is -0.393 e. The number of aromatic nitrogens is 3. The quantitative estimate of drug-likeness (QED) is 0.193. The van der Waals surface area contributed by atoms with Gasteiger partial charge in [0.1, 0.15) is 0 Å². The first-order chi connectivity index (χ1) is 20.7. The zero-order valence-corrected chi connectivity index (χ0v) is 27.0. The average molecular weight is 580 g/mol. The largest absolute Gasteiger partial charge is 0.393 e. The van der Waals surface area contributed by atoms with E-state index < -0.39 is 6.10 Å². The van der Waals surface area contributed by atoms with E-state index in [9.17, 15) is 9.90 Å². The van der Waals surface area contributed by atoms with Crippen LogP contribution >= 0.6 is 0 Å². The molecule has 3 unspecified atom stereocenters. The van der Waals surface area contributed by atoms with Gasteiger partial charge in [0.15, 0.2) is 23.3 Å². The molecule has 3 atom stereocenters. The van der Waals surface area contributed by atoms with Gasteiger partial charge >= 0.3 is 0 Å². The van der Waals surface area contributed by atoms with Gasteiger partial charge in [-0.1, -0.05) is 112 Å². The lowest BCUT2D eigenvalue weighted by molar-refractivity contribution is -0.117. The van der Waals surface area contributed by atoms with Crippen LogP contribution in [0.2, 0.25) is 0 Å². The van der Waals surface area contributed by atoms with Gasteiger partial charge in [0.2, 0.25) is 0 Å². The van der Waals surface area contributed by atoms with Gasteiger partial charge in [-0.25, -0.2) is 15.0 Å². The first-order valence-electron chi connectivity index (χ1n) is 16.2. The van der Waals surface area contributed by atoms with Crippen LogP contribution in [0.25, 0.3) is 28.3 Å². The number of rotatable bonds is 14. The van der Waals surface area contributed by atoms with Crippen molar-refractivity contribution in [3.8, 4) is 22.8 Å². The molecule has 1 aliphatic carbocycles. The van der Waals surface area contributed by atoms with Gasteiger partial charge in [-0.3, -0.25) is 4.79 Å². The van der Waals surface area contributed by atoms with Crippen molar-refractivity contribution in [2.24, 2.45) is 11.8 Å². The van der Waals surface area contributed by atoms with Crippen LogP contribution in [0, 0.1) is 39.5 Å². The number of aliphatic hydroxyl groups excluding tert-OH is 1. The molecule has 0 saturated carbocycles. The standard InChI is InChI=1S/C38H49N3O2/c1-7-8-9-10-11-12-13-15-30(24-29(6)42)33-16-14-17-34(35(33)43)38-40-36(31-20-18-25(2)22-27(31)4)39-37(41-38)32-21-19-26(3)23-28(32)5/h14,16-23,29-30,33,42H,7-13,15,24H2,1-6H3. The summed E-state index contributed by atoms with van der Waals surface area (Å²) in [6.45, 7) is 12.3. The molecule has 0 fully saturated rings. The number of nitrogens with zero attached hydrogens (tertiary/aromatic N) is 3. The summed E-state index contributed by atoms with van der Waals surface area (Å²) >= 11 is 0. The summed E-state index contributed by atoms with van der Waals surface area (Å²) < 4.78 is 0. The molecule has 0 radical (unpaired) electrons. The molecule has 1 aliphatic rings. The molecule has 1 heterocycles. The number of carbonyl (C=O) groups is 1.